The number of nitrogens with one attached hydrogen (secondary N) is 3. The molecular formula is C17H29IN4OS. The zero-order chi connectivity index (χ0) is 16.3. The van der Waals surface area contributed by atoms with Gasteiger partial charge in [-0.3, -0.25) is 4.79 Å². The maximum Gasteiger partial charge on any atom is 0.220 e. The quantitative estimate of drug-likeness (QED) is 0.240. The Bertz CT molecular complexity index is 487. The van der Waals surface area contributed by atoms with E-state index < -0.39 is 0 Å². The summed E-state index contributed by atoms with van der Waals surface area (Å²) in [6, 6.07) is 2.08. The lowest BCUT2D eigenvalue weighted by atomic mass is 10.0. The number of halogens is 1. The molecule has 0 aromatic carbocycles. The van der Waals surface area contributed by atoms with Gasteiger partial charge in [-0.25, -0.2) is 4.99 Å². The Morgan fingerprint density at radius 1 is 1.25 bits per heavy atom. The van der Waals surface area contributed by atoms with Crippen molar-refractivity contribution in [2.75, 3.05) is 19.6 Å². The molecule has 0 spiro atoms. The third kappa shape index (κ3) is 8.32. The number of carbonyl (C=O) groups excluding carboxylic acids is 1. The molecule has 136 valence electrons. The molecule has 2 rings (SSSR count). The zero-order valence-electron chi connectivity index (χ0n) is 14.3. The fourth-order valence-electron chi connectivity index (χ4n) is 2.83. The van der Waals surface area contributed by atoms with Gasteiger partial charge in [0.25, 0.3) is 0 Å². The molecule has 24 heavy (non-hydrogen) atoms. The molecule has 3 N–H and O–H groups in total. The molecule has 0 saturated heterocycles. The van der Waals surface area contributed by atoms with Gasteiger partial charge < -0.3 is 16.0 Å². The summed E-state index contributed by atoms with van der Waals surface area (Å²) in [6.07, 6.45) is 5.68. The average Bonchev–Trinajstić information content (AvgIpc) is 3.22. The van der Waals surface area contributed by atoms with Crippen molar-refractivity contribution in [1.82, 2.24) is 16.0 Å². The standard InChI is InChI=1S/C17H28N4OS.HI/c1-2-18-17(21-12-15-7-10-23-13-15)20-9-8-19-16(22)11-14-5-3-4-6-14;/h7,10,13-14H,2-6,8-9,11-12H2,1H3,(H,19,22)(H2,18,20,21);1H. The van der Waals surface area contributed by atoms with Crippen molar-refractivity contribution in [3.05, 3.63) is 22.4 Å². The highest BCUT2D eigenvalue weighted by molar-refractivity contribution is 14.0. The SMILES string of the molecule is CCNC(=NCc1ccsc1)NCCNC(=O)CC1CCCC1.I. The van der Waals surface area contributed by atoms with E-state index in [1.54, 1.807) is 11.3 Å². The summed E-state index contributed by atoms with van der Waals surface area (Å²) in [5.74, 6) is 1.58. The first-order chi connectivity index (χ1) is 11.3. The van der Waals surface area contributed by atoms with Crippen molar-refractivity contribution >= 4 is 47.2 Å². The van der Waals surface area contributed by atoms with Crippen molar-refractivity contribution in [3.63, 3.8) is 0 Å². The Labute approximate surface area is 166 Å². The monoisotopic (exact) mass is 464 g/mol. The summed E-state index contributed by atoms with van der Waals surface area (Å²) < 4.78 is 0. The van der Waals surface area contributed by atoms with E-state index in [9.17, 15) is 4.79 Å². The van der Waals surface area contributed by atoms with Gasteiger partial charge in [-0.1, -0.05) is 12.8 Å². The summed E-state index contributed by atoms with van der Waals surface area (Å²) in [7, 11) is 0. The number of carbonyl (C=O) groups is 1. The molecule has 0 bridgehead atoms. The van der Waals surface area contributed by atoms with Crippen LogP contribution in [0.5, 0.6) is 0 Å². The van der Waals surface area contributed by atoms with Crippen molar-refractivity contribution in [3.8, 4) is 0 Å². The number of amides is 1. The van der Waals surface area contributed by atoms with Crippen LogP contribution in [0.3, 0.4) is 0 Å². The largest absolute Gasteiger partial charge is 0.357 e. The van der Waals surface area contributed by atoms with Gasteiger partial charge in [0.05, 0.1) is 6.54 Å². The van der Waals surface area contributed by atoms with Crippen LogP contribution in [0.1, 0.15) is 44.6 Å². The second kappa shape index (κ2) is 12.5. The van der Waals surface area contributed by atoms with Crippen molar-refractivity contribution in [2.45, 2.75) is 45.6 Å². The van der Waals surface area contributed by atoms with Crippen LogP contribution >= 0.6 is 35.3 Å². The summed E-state index contributed by atoms with van der Waals surface area (Å²) in [5, 5.41) is 13.6. The zero-order valence-corrected chi connectivity index (χ0v) is 17.5. The highest BCUT2D eigenvalue weighted by Gasteiger charge is 2.17. The molecule has 1 amide bonds. The predicted molar refractivity (Wildman–Crippen MR) is 112 cm³/mol. The van der Waals surface area contributed by atoms with Gasteiger partial charge >= 0.3 is 0 Å². The van der Waals surface area contributed by atoms with Gasteiger partial charge in [0.1, 0.15) is 0 Å². The lowest BCUT2D eigenvalue weighted by molar-refractivity contribution is -0.121. The molecule has 0 unspecified atom stereocenters. The van der Waals surface area contributed by atoms with E-state index in [0.29, 0.717) is 32.0 Å². The molecule has 0 aliphatic heterocycles. The van der Waals surface area contributed by atoms with E-state index in [-0.39, 0.29) is 29.9 Å². The Balaban J connectivity index is 0.00000288. The summed E-state index contributed by atoms with van der Waals surface area (Å²) in [5.41, 5.74) is 1.22. The normalized spacial score (nSPS) is 15.0. The summed E-state index contributed by atoms with van der Waals surface area (Å²) in [6.45, 7) is 4.86. The molecule has 5 nitrogen and oxygen atoms in total. The van der Waals surface area contributed by atoms with Crippen molar-refractivity contribution in [1.29, 1.82) is 0 Å². The average molecular weight is 464 g/mol. The first kappa shape index (κ1) is 21.2. The minimum atomic E-state index is 0. The number of rotatable bonds is 8. The molecule has 1 aromatic rings. The van der Waals surface area contributed by atoms with Gasteiger partial charge in [0.2, 0.25) is 5.91 Å². The fraction of sp³-hybridized carbons (Fsp3) is 0.647. The summed E-state index contributed by atoms with van der Waals surface area (Å²) >= 11 is 1.68. The predicted octanol–water partition coefficient (Wildman–Crippen LogP) is 3.12. The molecule has 1 aromatic heterocycles. The first-order valence-corrected chi connectivity index (χ1v) is 9.52. The molecule has 1 heterocycles. The van der Waals surface area contributed by atoms with Crippen LogP contribution in [0.2, 0.25) is 0 Å². The Morgan fingerprint density at radius 2 is 2.00 bits per heavy atom. The maximum atomic E-state index is 11.9. The fourth-order valence-corrected chi connectivity index (χ4v) is 3.49. The van der Waals surface area contributed by atoms with E-state index in [0.717, 1.165) is 12.5 Å². The number of hydrogen-bond donors (Lipinski definition) is 3. The van der Waals surface area contributed by atoms with Crippen LogP contribution in [0.4, 0.5) is 0 Å². The van der Waals surface area contributed by atoms with Gasteiger partial charge in [0, 0.05) is 26.1 Å². The minimum Gasteiger partial charge on any atom is -0.357 e. The lowest BCUT2D eigenvalue weighted by Crippen LogP contribution is -2.41. The molecule has 0 atom stereocenters. The van der Waals surface area contributed by atoms with Crippen LogP contribution in [-0.4, -0.2) is 31.5 Å². The molecule has 7 heteroatoms. The van der Waals surface area contributed by atoms with Gasteiger partial charge in [-0.15, -0.1) is 24.0 Å². The first-order valence-electron chi connectivity index (χ1n) is 8.58. The molecule has 1 aliphatic rings. The van der Waals surface area contributed by atoms with E-state index >= 15 is 0 Å². The number of hydrogen-bond acceptors (Lipinski definition) is 3. The van der Waals surface area contributed by atoms with E-state index in [2.05, 4.69) is 37.8 Å². The Morgan fingerprint density at radius 3 is 2.67 bits per heavy atom. The molecule has 0 radical (unpaired) electrons. The van der Waals surface area contributed by atoms with Crippen molar-refractivity contribution in [2.24, 2.45) is 10.9 Å². The Kier molecular flexibility index (Phi) is 11.1. The summed E-state index contributed by atoms with van der Waals surface area (Å²) in [4.78, 5) is 16.4. The highest BCUT2D eigenvalue weighted by Crippen LogP contribution is 2.27. The third-order valence-corrected chi connectivity index (χ3v) is 4.76. The van der Waals surface area contributed by atoms with Crippen LogP contribution in [0.15, 0.2) is 21.8 Å². The smallest absolute Gasteiger partial charge is 0.220 e. The molecule has 1 saturated carbocycles. The number of aliphatic imine (C=N–C) groups is 1. The van der Waals surface area contributed by atoms with Crippen molar-refractivity contribution < 1.29 is 4.79 Å². The van der Waals surface area contributed by atoms with E-state index in [1.165, 1.54) is 31.2 Å². The highest BCUT2D eigenvalue weighted by atomic mass is 127. The molecular weight excluding hydrogens is 435 g/mol. The van der Waals surface area contributed by atoms with Gasteiger partial charge in [-0.05, 0) is 48.1 Å². The third-order valence-electron chi connectivity index (χ3n) is 4.03. The van der Waals surface area contributed by atoms with Crippen LogP contribution in [-0.2, 0) is 11.3 Å². The number of nitrogens with zero attached hydrogens (tertiary/aromatic N) is 1. The van der Waals surface area contributed by atoms with E-state index in [1.807, 2.05) is 6.92 Å². The van der Waals surface area contributed by atoms with Crippen LogP contribution in [0, 0.1) is 5.92 Å². The minimum absolute atomic E-state index is 0. The van der Waals surface area contributed by atoms with Crippen LogP contribution in [0.25, 0.3) is 0 Å². The second-order valence-electron chi connectivity index (χ2n) is 5.96. The topological polar surface area (TPSA) is 65.5 Å². The van der Waals surface area contributed by atoms with Crippen LogP contribution < -0.4 is 16.0 Å². The number of thiophene rings is 1. The molecule has 1 fully saturated rings. The van der Waals surface area contributed by atoms with Gasteiger partial charge in [-0.2, -0.15) is 11.3 Å². The molecule has 1 aliphatic carbocycles. The second-order valence-corrected chi connectivity index (χ2v) is 6.74. The lowest BCUT2D eigenvalue weighted by Gasteiger charge is -2.13. The van der Waals surface area contributed by atoms with Gasteiger partial charge in [0.15, 0.2) is 5.96 Å². The Hall–Kier alpha value is -0.830. The van der Waals surface area contributed by atoms with E-state index in [4.69, 9.17) is 0 Å². The number of guanidine groups is 1. The maximum absolute atomic E-state index is 11.9.